The first-order chi connectivity index (χ1) is 12.0. The lowest BCUT2D eigenvalue weighted by atomic mass is 10.1. The van der Waals surface area contributed by atoms with Crippen LogP contribution in [-0.2, 0) is 9.59 Å². The molecular formula is C19H18N2O4. The van der Waals surface area contributed by atoms with Gasteiger partial charge >= 0.3 is 11.9 Å². The summed E-state index contributed by atoms with van der Waals surface area (Å²) in [5.41, 5.74) is 3.14. The van der Waals surface area contributed by atoms with Crippen LogP contribution in [-0.4, -0.2) is 39.8 Å². The van der Waals surface area contributed by atoms with Gasteiger partial charge in [0.25, 0.3) is 0 Å². The zero-order valence-corrected chi connectivity index (χ0v) is 13.4. The summed E-state index contributed by atoms with van der Waals surface area (Å²) < 4.78 is 0. The highest BCUT2D eigenvalue weighted by molar-refractivity contribution is 5.81. The Morgan fingerprint density at radius 1 is 0.920 bits per heavy atom. The van der Waals surface area contributed by atoms with Gasteiger partial charge in [-0.2, -0.15) is 0 Å². The van der Waals surface area contributed by atoms with Crippen LogP contribution in [0.3, 0.4) is 0 Å². The van der Waals surface area contributed by atoms with Gasteiger partial charge in [-0.15, -0.1) is 0 Å². The quantitative estimate of drug-likeness (QED) is 0.843. The van der Waals surface area contributed by atoms with Crippen LogP contribution < -0.4 is 4.90 Å². The molecule has 0 saturated heterocycles. The molecule has 1 unspecified atom stereocenters. The average Bonchev–Trinajstić information content (AvgIpc) is 3.10. The Morgan fingerprint density at radius 3 is 2.16 bits per heavy atom. The van der Waals surface area contributed by atoms with Crippen LogP contribution in [0.1, 0.15) is 6.42 Å². The molecule has 1 atom stereocenters. The number of hydrogen-bond donors (Lipinski definition) is 2. The Hall–Kier alpha value is -3.28. The zero-order chi connectivity index (χ0) is 17.8. The Kier molecular flexibility index (Phi) is 4.70. The van der Waals surface area contributed by atoms with Crippen molar-refractivity contribution in [3.63, 3.8) is 0 Å². The maximum Gasteiger partial charge on any atom is 0.326 e. The fourth-order valence-corrected chi connectivity index (χ4v) is 2.79. The largest absolute Gasteiger partial charge is 0.481 e. The predicted molar refractivity (Wildman–Crippen MR) is 93.9 cm³/mol. The van der Waals surface area contributed by atoms with Crippen LogP contribution in [0.5, 0.6) is 0 Å². The summed E-state index contributed by atoms with van der Waals surface area (Å²) in [6.45, 7) is 0.301. The number of carboxylic acid groups (broad SMARTS) is 2. The minimum atomic E-state index is -1.15. The second-order valence-corrected chi connectivity index (χ2v) is 5.79. The molecule has 1 aliphatic rings. The van der Waals surface area contributed by atoms with Gasteiger partial charge in [-0.05, 0) is 23.3 Å². The number of anilines is 1. The number of aliphatic carboxylic acids is 2. The number of carbonyl (C=O) groups is 2. The van der Waals surface area contributed by atoms with E-state index in [-0.39, 0.29) is 0 Å². The molecule has 1 heterocycles. The predicted octanol–water partition coefficient (Wildman–Crippen LogP) is 2.83. The number of carboxylic acids is 2. The molecule has 2 aromatic carbocycles. The van der Waals surface area contributed by atoms with Gasteiger partial charge in [0.15, 0.2) is 0 Å². The van der Waals surface area contributed by atoms with Crippen molar-refractivity contribution in [2.75, 3.05) is 11.6 Å². The molecule has 25 heavy (non-hydrogen) atoms. The first-order valence-electron chi connectivity index (χ1n) is 7.85. The highest BCUT2D eigenvalue weighted by Crippen LogP contribution is 2.26. The number of hydrogen-bond acceptors (Lipinski definition) is 4. The Morgan fingerprint density at radius 2 is 1.56 bits per heavy atom. The third kappa shape index (κ3) is 3.80. The van der Waals surface area contributed by atoms with E-state index in [1.54, 1.807) is 12.4 Å². The van der Waals surface area contributed by atoms with Gasteiger partial charge in [0.05, 0.1) is 13.1 Å². The zero-order valence-electron chi connectivity index (χ0n) is 13.4. The molecule has 0 aliphatic carbocycles. The van der Waals surface area contributed by atoms with Crippen LogP contribution >= 0.6 is 0 Å². The third-order valence-electron chi connectivity index (χ3n) is 4.11. The van der Waals surface area contributed by atoms with E-state index in [0.717, 1.165) is 16.8 Å². The van der Waals surface area contributed by atoms with E-state index in [1.807, 2.05) is 59.5 Å². The molecule has 0 bridgehead atoms. The van der Waals surface area contributed by atoms with Gasteiger partial charge in [0.2, 0.25) is 0 Å². The van der Waals surface area contributed by atoms with Crippen LogP contribution in [0.2, 0.25) is 0 Å². The number of rotatable bonds is 6. The minimum absolute atomic E-state index is 0.301. The summed E-state index contributed by atoms with van der Waals surface area (Å²) in [4.78, 5) is 25.6. The van der Waals surface area contributed by atoms with Crippen LogP contribution in [0, 0.1) is 0 Å². The molecule has 6 heteroatoms. The molecule has 6 nitrogen and oxygen atoms in total. The van der Waals surface area contributed by atoms with Crippen molar-refractivity contribution in [3.8, 4) is 11.1 Å². The Bertz CT molecular complexity index is 787. The molecule has 0 fully saturated rings. The summed E-state index contributed by atoms with van der Waals surface area (Å²) in [6, 6.07) is 16.9. The maximum absolute atomic E-state index is 11.3. The van der Waals surface area contributed by atoms with Crippen molar-refractivity contribution in [2.24, 2.45) is 0 Å². The molecule has 3 rings (SSSR count). The topological polar surface area (TPSA) is 81.1 Å². The van der Waals surface area contributed by atoms with Crippen molar-refractivity contribution >= 4 is 17.6 Å². The molecule has 0 amide bonds. The van der Waals surface area contributed by atoms with Gasteiger partial charge in [0.1, 0.15) is 6.04 Å². The smallest absolute Gasteiger partial charge is 0.326 e. The van der Waals surface area contributed by atoms with E-state index in [9.17, 15) is 14.7 Å². The highest BCUT2D eigenvalue weighted by Gasteiger charge is 2.29. The summed E-state index contributed by atoms with van der Waals surface area (Å²) in [7, 11) is 0. The molecule has 0 aromatic heterocycles. The van der Waals surface area contributed by atoms with E-state index >= 15 is 0 Å². The van der Waals surface area contributed by atoms with Gasteiger partial charge in [-0.3, -0.25) is 4.79 Å². The monoisotopic (exact) mass is 338 g/mol. The second kappa shape index (κ2) is 7.09. The van der Waals surface area contributed by atoms with E-state index in [4.69, 9.17) is 5.11 Å². The molecule has 0 saturated carbocycles. The molecule has 2 N–H and O–H groups in total. The Labute approximate surface area is 145 Å². The Balaban J connectivity index is 1.71. The molecule has 128 valence electrons. The van der Waals surface area contributed by atoms with Gasteiger partial charge < -0.3 is 20.0 Å². The number of nitrogens with zero attached hydrogens (tertiary/aromatic N) is 2. The third-order valence-corrected chi connectivity index (χ3v) is 4.11. The lowest BCUT2D eigenvalue weighted by Crippen LogP contribution is -2.41. The van der Waals surface area contributed by atoms with Crippen molar-refractivity contribution in [1.82, 2.24) is 4.90 Å². The summed E-state index contributed by atoms with van der Waals surface area (Å²) in [5.74, 6) is -2.28. The van der Waals surface area contributed by atoms with Crippen LogP contribution in [0.25, 0.3) is 11.1 Å². The van der Waals surface area contributed by atoms with E-state index in [1.165, 1.54) is 4.90 Å². The SMILES string of the molecule is O=C(O)CC(C(=O)O)N1C=CN(c2ccc(-c3ccccc3)cc2)C1. The van der Waals surface area contributed by atoms with Crippen LogP contribution in [0.4, 0.5) is 5.69 Å². The summed E-state index contributed by atoms with van der Waals surface area (Å²) in [5, 5.41) is 18.1. The maximum atomic E-state index is 11.3. The highest BCUT2D eigenvalue weighted by atomic mass is 16.4. The molecule has 1 aliphatic heterocycles. The number of benzene rings is 2. The van der Waals surface area contributed by atoms with Gasteiger partial charge in [0, 0.05) is 18.1 Å². The lowest BCUT2D eigenvalue weighted by Gasteiger charge is -2.26. The minimum Gasteiger partial charge on any atom is -0.481 e. The molecule has 0 radical (unpaired) electrons. The fourth-order valence-electron chi connectivity index (χ4n) is 2.79. The first kappa shape index (κ1) is 16.6. The first-order valence-corrected chi connectivity index (χ1v) is 7.85. The van der Waals surface area contributed by atoms with Gasteiger partial charge in [-0.25, -0.2) is 4.79 Å². The molecule has 0 spiro atoms. The van der Waals surface area contributed by atoms with E-state index in [0.29, 0.717) is 6.67 Å². The lowest BCUT2D eigenvalue weighted by molar-refractivity contribution is -0.148. The summed E-state index contributed by atoms with van der Waals surface area (Å²) >= 11 is 0. The van der Waals surface area contributed by atoms with E-state index in [2.05, 4.69) is 0 Å². The standard InChI is InChI=1S/C19H18N2O4/c22-18(23)12-17(19(24)25)21-11-10-20(13-21)16-8-6-15(7-9-16)14-4-2-1-3-5-14/h1-11,17H,12-13H2,(H,22,23)(H,24,25). The average molecular weight is 338 g/mol. The fraction of sp³-hybridized carbons (Fsp3) is 0.158. The van der Waals surface area contributed by atoms with Crippen molar-refractivity contribution < 1.29 is 19.8 Å². The van der Waals surface area contributed by atoms with Crippen LogP contribution in [0.15, 0.2) is 67.0 Å². The van der Waals surface area contributed by atoms with Crippen molar-refractivity contribution in [2.45, 2.75) is 12.5 Å². The normalized spacial score (nSPS) is 14.6. The molecular weight excluding hydrogens is 320 g/mol. The second-order valence-electron chi connectivity index (χ2n) is 5.79. The summed E-state index contributed by atoms with van der Waals surface area (Å²) in [6.07, 6.45) is 2.93. The molecule has 2 aromatic rings. The van der Waals surface area contributed by atoms with E-state index < -0.39 is 24.4 Å². The van der Waals surface area contributed by atoms with Crippen molar-refractivity contribution in [1.29, 1.82) is 0 Å². The van der Waals surface area contributed by atoms with Gasteiger partial charge in [-0.1, -0.05) is 42.5 Å². The van der Waals surface area contributed by atoms with Crippen molar-refractivity contribution in [3.05, 3.63) is 67.0 Å².